The maximum Gasteiger partial charge on any atom is 0.249 e. The minimum absolute atomic E-state index is 0.0717. The molecule has 2 N–H and O–H groups in total. The molecule has 6 nitrogen and oxygen atoms in total. The van der Waals surface area contributed by atoms with Gasteiger partial charge in [-0.1, -0.05) is 30.1 Å². The number of halogens is 1. The summed E-state index contributed by atoms with van der Waals surface area (Å²) in [5.41, 5.74) is 2.36. The molecule has 2 amide bonds. The third-order valence-electron chi connectivity index (χ3n) is 4.48. The molecular formula is C19H20FN3O3S. The number of nitrogens with one attached hydrogen (secondary N) is 2. The van der Waals surface area contributed by atoms with Crippen LogP contribution in [0.2, 0.25) is 0 Å². The molecule has 2 aromatic rings. The maximum atomic E-state index is 15.2. The molecule has 8 heteroatoms. The topological polar surface area (TPSA) is 70.7 Å². The number of benzene rings is 2. The van der Waals surface area contributed by atoms with E-state index in [1.807, 2.05) is 30.5 Å². The summed E-state index contributed by atoms with van der Waals surface area (Å²) >= 11 is 1.44. The third kappa shape index (κ3) is 3.57. The Bertz CT molecular complexity index is 862. The minimum Gasteiger partial charge on any atom is -0.493 e. The molecule has 0 bridgehead atoms. The number of carbonyl (C=O) groups excluding carboxylic acids is 2. The van der Waals surface area contributed by atoms with Crippen LogP contribution in [0.1, 0.15) is 6.42 Å². The van der Waals surface area contributed by atoms with E-state index in [1.165, 1.54) is 24.0 Å². The molecule has 1 unspecified atom stereocenters. The number of hydrogen-bond donors (Lipinski definition) is 2. The van der Waals surface area contributed by atoms with Gasteiger partial charge < -0.3 is 19.7 Å². The van der Waals surface area contributed by atoms with Gasteiger partial charge in [0.25, 0.3) is 0 Å². The Hall–Kier alpha value is -2.74. The highest BCUT2D eigenvalue weighted by Crippen LogP contribution is 2.41. The van der Waals surface area contributed by atoms with E-state index < -0.39 is 11.9 Å². The Balaban J connectivity index is 2.03. The van der Waals surface area contributed by atoms with Crippen molar-refractivity contribution in [2.75, 3.05) is 29.5 Å². The van der Waals surface area contributed by atoms with E-state index in [9.17, 15) is 9.59 Å². The molecule has 1 saturated heterocycles. The van der Waals surface area contributed by atoms with E-state index in [2.05, 4.69) is 10.0 Å². The fourth-order valence-electron chi connectivity index (χ4n) is 3.24. The predicted octanol–water partition coefficient (Wildman–Crippen LogP) is 3.04. The number of nitrogens with zero attached hydrogens (tertiary/aromatic N) is 1. The lowest BCUT2D eigenvalue weighted by Gasteiger charge is -2.21. The highest BCUT2D eigenvalue weighted by molar-refractivity contribution is 7.99. The van der Waals surface area contributed by atoms with Gasteiger partial charge in [-0.15, -0.1) is 0 Å². The van der Waals surface area contributed by atoms with Crippen molar-refractivity contribution in [2.24, 2.45) is 0 Å². The normalized spacial score (nSPS) is 16.3. The summed E-state index contributed by atoms with van der Waals surface area (Å²) in [5, 5.41) is 2.46. The number of anilines is 2. The fraction of sp³-hybridized carbons (Fsp3) is 0.263. The largest absolute Gasteiger partial charge is 0.493 e. The minimum atomic E-state index is -0.626. The molecule has 3 rings (SSSR count). The highest BCUT2D eigenvalue weighted by Gasteiger charge is 2.34. The first-order chi connectivity index (χ1) is 13.1. The average Bonchev–Trinajstić information content (AvgIpc) is 3.03. The maximum absolute atomic E-state index is 15.2. The monoisotopic (exact) mass is 389 g/mol. The zero-order valence-electron chi connectivity index (χ0n) is 15.0. The van der Waals surface area contributed by atoms with Crippen LogP contribution in [0.5, 0.6) is 5.75 Å². The summed E-state index contributed by atoms with van der Waals surface area (Å²) in [5.74, 6) is -0.864. The van der Waals surface area contributed by atoms with Crippen molar-refractivity contribution in [3.8, 4) is 16.9 Å². The van der Waals surface area contributed by atoms with Crippen LogP contribution in [0.25, 0.3) is 11.1 Å². The molecule has 1 aliphatic heterocycles. The lowest BCUT2D eigenvalue weighted by atomic mass is 10.0. The SMILES string of the molecule is COc1c(-c2ccccc2NSC)ccc(N2CCC(NC=O)C2=O)c1F. The quantitative estimate of drug-likeness (QED) is 0.563. The summed E-state index contributed by atoms with van der Waals surface area (Å²) in [6.45, 7) is 0.328. The van der Waals surface area contributed by atoms with Gasteiger partial charge in [-0.25, -0.2) is 4.39 Å². The summed E-state index contributed by atoms with van der Waals surface area (Å²) < 4.78 is 23.8. The van der Waals surface area contributed by atoms with Crippen molar-refractivity contribution < 1.29 is 18.7 Å². The van der Waals surface area contributed by atoms with Crippen LogP contribution in [0.3, 0.4) is 0 Å². The molecule has 1 aliphatic rings. The number of carbonyl (C=O) groups is 2. The zero-order chi connectivity index (χ0) is 19.4. The number of methoxy groups -OCH3 is 1. The van der Waals surface area contributed by atoms with Crippen molar-refractivity contribution in [1.29, 1.82) is 0 Å². The lowest BCUT2D eigenvalue weighted by molar-refractivity contribution is -0.121. The molecule has 1 fully saturated rings. The number of para-hydroxylation sites is 1. The molecule has 0 aliphatic carbocycles. The number of hydrogen-bond acceptors (Lipinski definition) is 5. The zero-order valence-corrected chi connectivity index (χ0v) is 15.8. The first-order valence-corrected chi connectivity index (χ1v) is 9.60. The molecule has 27 heavy (non-hydrogen) atoms. The van der Waals surface area contributed by atoms with Gasteiger partial charge in [0.1, 0.15) is 6.04 Å². The smallest absolute Gasteiger partial charge is 0.249 e. The Kier molecular flexibility index (Phi) is 5.85. The van der Waals surface area contributed by atoms with Gasteiger partial charge in [-0.05, 0) is 24.6 Å². The summed E-state index contributed by atoms with van der Waals surface area (Å²) in [6, 6.07) is 10.2. The molecule has 1 heterocycles. The summed E-state index contributed by atoms with van der Waals surface area (Å²) in [7, 11) is 1.40. The van der Waals surface area contributed by atoms with Gasteiger partial charge in [0.2, 0.25) is 12.3 Å². The predicted molar refractivity (Wildman–Crippen MR) is 105 cm³/mol. The first kappa shape index (κ1) is 19.0. The van der Waals surface area contributed by atoms with Crippen LogP contribution >= 0.6 is 11.9 Å². The summed E-state index contributed by atoms with van der Waals surface area (Å²) in [4.78, 5) is 24.4. The number of rotatable bonds is 7. The van der Waals surface area contributed by atoms with Crippen molar-refractivity contribution in [1.82, 2.24) is 5.32 Å². The molecule has 2 aromatic carbocycles. The lowest BCUT2D eigenvalue weighted by Crippen LogP contribution is -2.37. The molecular weight excluding hydrogens is 369 g/mol. The van der Waals surface area contributed by atoms with E-state index in [-0.39, 0.29) is 17.3 Å². The Labute approximate surface area is 161 Å². The van der Waals surface area contributed by atoms with Gasteiger partial charge in [-0.3, -0.25) is 9.59 Å². The van der Waals surface area contributed by atoms with Gasteiger partial charge in [0.05, 0.1) is 18.5 Å². The first-order valence-electron chi connectivity index (χ1n) is 8.38. The van der Waals surface area contributed by atoms with Crippen LogP contribution in [-0.2, 0) is 9.59 Å². The molecule has 0 saturated carbocycles. The van der Waals surface area contributed by atoms with Crippen LogP contribution in [0.4, 0.5) is 15.8 Å². The Morgan fingerprint density at radius 1 is 1.26 bits per heavy atom. The standard InChI is InChI=1S/C19H20FN3O3S/c1-26-18-13(12-5-3-4-6-14(12)22-27-2)7-8-16(17(18)20)23-10-9-15(19(23)25)21-11-24/h3-8,11,15,22H,9-10H2,1-2H3,(H,21,24). The Morgan fingerprint density at radius 2 is 2.04 bits per heavy atom. The van der Waals surface area contributed by atoms with Crippen molar-refractivity contribution >= 4 is 35.6 Å². The highest BCUT2D eigenvalue weighted by atomic mass is 32.2. The van der Waals surface area contributed by atoms with Crippen LogP contribution in [-0.4, -0.2) is 38.3 Å². The van der Waals surface area contributed by atoms with E-state index in [1.54, 1.807) is 12.1 Å². The molecule has 0 aromatic heterocycles. The number of amides is 2. The molecule has 142 valence electrons. The molecule has 0 radical (unpaired) electrons. The van der Waals surface area contributed by atoms with Crippen LogP contribution < -0.4 is 19.7 Å². The van der Waals surface area contributed by atoms with E-state index in [0.29, 0.717) is 24.9 Å². The average molecular weight is 389 g/mol. The second kappa shape index (κ2) is 8.30. The fourth-order valence-corrected chi connectivity index (χ4v) is 3.64. The summed E-state index contributed by atoms with van der Waals surface area (Å²) in [6.07, 6.45) is 2.82. The van der Waals surface area contributed by atoms with E-state index in [4.69, 9.17) is 4.74 Å². The second-order valence-corrected chi connectivity index (χ2v) is 6.56. The van der Waals surface area contributed by atoms with Gasteiger partial charge in [0, 0.05) is 23.9 Å². The van der Waals surface area contributed by atoms with Crippen molar-refractivity contribution in [3.05, 3.63) is 42.2 Å². The van der Waals surface area contributed by atoms with Gasteiger partial charge in [0.15, 0.2) is 11.6 Å². The second-order valence-electron chi connectivity index (χ2n) is 5.95. The van der Waals surface area contributed by atoms with Crippen LogP contribution in [0.15, 0.2) is 36.4 Å². The van der Waals surface area contributed by atoms with Crippen LogP contribution in [0, 0.1) is 5.82 Å². The van der Waals surface area contributed by atoms with Crippen molar-refractivity contribution in [3.63, 3.8) is 0 Å². The molecule has 1 atom stereocenters. The Morgan fingerprint density at radius 3 is 2.74 bits per heavy atom. The van der Waals surface area contributed by atoms with E-state index >= 15 is 4.39 Å². The van der Waals surface area contributed by atoms with Gasteiger partial charge in [-0.2, -0.15) is 0 Å². The molecule has 0 spiro atoms. The van der Waals surface area contributed by atoms with Crippen molar-refractivity contribution in [2.45, 2.75) is 12.5 Å². The number of ether oxygens (including phenoxy) is 1. The third-order valence-corrected chi connectivity index (χ3v) is 4.90. The van der Waals surface area contributed by atoms with Gasteiger partial charge >= 0.3 is 0 Å². The van der Waals surface area contributed by atoms with E-state index in [0.717, 1.165) is 11.3 Å².